The van der Waals surface area contributed by atoms with Crippen molar-refractivity contribution in [1.82, 2.24) is 9.29 Å². The number of ether oxygens (including phenoxy) is 1. The molecule has 3 heterocycles. The minimum absolute atomic E-state index is 0.0506. The van der Waals surface area contributed by atoms with E-state index in [-0.39, 0.29) is 22.2 Å². The smallest absolute Gasteiger partial charge is 0.293 e. The molecule has 0 aliphatic carbocycles. The molecule has 1 aromatic heterocycles. The maximum absolute atomic E-state index is 13.0. The third-order valence-corrected chi connectivity index (χ3v) is 7.91. The van der Waals surface area contributed by atoms with Crippen LogP contribution in [-0.2, 0) is 21.3 Å². The van der Waals surface area contributed by atoms with Crippen LogP contribution in [0, 0.1) is 16.0 Å². The molecular formula is C22H29N5O5S. The summed E-state index contributed by atoms with van der Waals surface area (Å²) < 4.78 is 32.8. The van der Waals surface area contributed by atoms with Gasteiger partial charge in [-0.2, -0.15) is 4.31 Å². The van der Waals surface area contributed by atoms with Gasteiger partial charge in [-0.1, -0.05) is 13.0 Å². The van der Waals surface area contributed by atoms with Crippen LogP contribution in [0.2, 0.25) is 0 Å². The van der Waals surface area contributed by atoms with Gasteiger partial charge in [0.1, 0.15) is 11.5 Å². The molecule has 0 radical (unpaired) electrons. The van der Waals surface area contributed by atoms with E-state index in [9.17, 15) is 18.5 Å². The first-order chi connectivity index (χ1) is 15.8. The lowest BCUT2D eigenvalue weighted by Crippen LogP contribution is -2.39. The molecule has 2 aliphatic heterocycles. The summed E-state index contributed by atoms with van der Waals surface area (Å²) in [6, 6.07) is 7.90. The average molecular weight is 476 g/mol. The first-order valence-electron chi connectivity index (χ1n) is 11.1. The number of piperidine rings is 1. The van der Waals surface area contributed by atoms with Crippen molar-refractivity contribution in [2.24, 2.45) is 5.92 Å². The number of morpholine rings is 1. The number of rotatable bonds is 7. The van der Waals surface area contributed by atoms with Gasteiger partial charge in [0, 0.05) is 45.0 Å². The van der Waals surface area contributed by atoms with Gasteiger partial charge in [0.2, 0.25) is 10.0 Å². The fraction of sp³-hybridized carbons (Fsp3) is 0.500. The third kappa shape index (κ3) is 5.43. The molecule has 4 rings (SSSR count). The van der Waals surface area contributed by atoms with Crippen LogP contribution in [-0.4, -0.2) is 62.0 Å². The second kappa shape index (κ2) is 10.0. The molecular weight excluding hydrogens is 446 g/mol. The zero-order chi connectivity index (χ0) is 23.4. The molecule has 1 aromatic carbocycles. The number of hydrogen-bond donors (Lipinski definition) is 1. The number of nitrogens with one attached hydrogen (secondary N) is 1. The second-order valence-corrected chi connectivity index (χ2v) is 10.5. The Bertz CT molecular complexity index is 1090. The Morgan fingerprint density at radius 1 is 1.21 bits per heavy atom. The van der Waals surface area contributed by atoms with Crippen molar-refractivity contribution < 1.29 is 18.1 Å². The lowest BCUT2D eigenvalue weighted by atomic mass is 10.0. The third-order valence-electron chi connectivity index (χ3n) is 6.05. The summed E-state index contributed by atoms with van der Waals surface area (Å²) in [5.41, 5.74) is 0.863. The lowest BCUT2D eigenvalue weighted by Gasteiger charge is -2.30. The van der Waals surface area contributed by atoms with Gasteiger partial charge in [0.25, 0.3) is 5.69 Å². The summed E-state index contributed by atoms with van der Waals surface area (Å²) >= 11 is 0. The molecule has 33 heavy (non-hydrogen) atoms. The van der Waals surface area contributed by atoms with Gasteiger partial charge < -0.3 is 15.0 Å². The van der Waals surface area contributed by atoms with Crippen molar-refractivity contribution in [2.45, 2.75) is 31.2 Å². The van der Waals surface area contributed by atoms with Gasteiger partial charge in [-0.25, -0.2) is 13.4 Å². The summed E-state index contributed by atoms with van der Waals surface area (Å²) in [6.45, 7) is 6.16. The molecule has 2 fully saturated rings. The predicted octanol–water partition coefficient (Wildman–Crippen LogP) is 2.86. The average Bonchev–Trinajstić information content (AvgIpc) is 2.83. The highest BCUT2D eigenvalue weighted by atomic mass is 32.2. The molecule has 1 atom stereocenters. The summed E-state index contributed by atoms with van der Waals surface area (Å²) in [4.78, 5) is 17.7. The molecule has 0 saturated carbocycles. The zero-order valence-electron chi connectivity index (χ0n) is 18.6. The fourth-order valence-corrected chi connectivity index (χ4v) is 5.80. The van der Waals surface area contributed by atoms with Gasteiger partial charge in [-0.15, -0.1) is 0 Å². The molecule has 0 amide bonds. The summed E-state index contributed by atoms with van der Waals surface area (Å²) in [7, 11) is -3.77. The van der Waals surface area contributed by atoms with Crippen molar-refractivity contribution in [3.8, 4) is 0 Å². The van der Waals surface area contributed by atoms with Crippen LogP contribution in [0.5, 0.6) is 0 Å². The molecule has 178 valence electrons. The largest absolute Gasteiger partial charge is 0.378 e. The summed E-state index contributed by atoms with van der Waals surface area (Å²) in [5, 5.41) is 14.7. The summed E-state index contributed by atoms with van der Waals surface area (Å²) in [5.74, 6) is 1.14. The molecule has 11 heteroatoms. The monoisotopic (exact) mass is 475 g/mol. The minimum Gasteiger partial charge on any atom is -0.378 e. The highest BCUT2D eigenvalue weighted by Crippen LogP contribution is 2.31. The number of benzene rings is 1. The maximum Gasteiger partial charge on any atom is 0.293 e. The van der Waals surface area contributed by atoms with E-state index in [4.69, 9.17) is 4.74 Å². The van der Waals surface area contributed by atoms with Crippen LogP contribution in [0.4, 0.5) is 17.2 Å². The Kier molecular flexibility index (Phi) is 7.11. The Morgan fingerprint density at radius 2 is 2.00 bits per heavy atom. The van der Waals surface area contributed by atoms with Crippen LogP contribution < -0.4 is 10.2 Å². The van der Waals surface area contributed by atoms with Gasteiger partial charge in [0.05, 0.1) is 23.0 Å². The quantitative estimate of drug-likeness (QED) is 0.480. The number of pyridine rings is 1. The first-order valence-corrected chi connectivity index (χ1v) is 12.6. The van der Waals surface area contributed by atoms with Gasteiger partial charge in [0.15, 0.2) is 0 Å². The number of nitrogens with zero attached hydrogens (tertiary/aromatic N) is 4. The van der Waals surface area contributed by atoms with E-state index in [1.807, 2.05) is 19.1 Å². The Hall–Kier alpha value is -2.76. The second-order valence-electron chi connectivity index (χ2n) is 8.52. The topological polar surface area (TPSA) is 118 Å². The standard InChI is InChI=1S/C22H29N5O5S/c1-17-3-2-8-26(16-17)33(30,31)19-5-6-20(21(13-19)27(28)29)23-14-18-4-7-22(24-15-18)25-9-11-32-12-10-25/h4-7,13,15,17,23H,2-3,8-12,14,16H2,1H3/t17-/m0/s1. The number of aromatic nitrogens is 1. The van der Waals surface area contributed by atoms with Crippen LogP contribution >= 0.6 is 0 Å². The van der Waals surface area contributed by atoms with Gasteiger partial charge in [-0.05, 0) is 42.5 Å². The van der Waals surface area contributed by atoms with Crippen molar-refractivity contribution in [3.63, 3.8) is 0 Å². The Balaban J connectivity index is 1.47. The molecule has 1 N–H and O–H groups in total. The van der Waals surface area contributed by atoms with E-state index >= 15 is 0 Å². The van der Waals surface area contributed by atoms with E-state index in [0.717, 1.165) is 43.4 Å². The molecule has 0 spiro atoms. The highest BCUT2D eigenvalue weighted by Gasteiger charge is 2.30. The fourth-order valence-electron chi connectivity index (χ4n) is 4.18. The number of nitro benzene ring substituents is 1. The maximum atomic E-state index is 13.0. The van der Waals surface area contributed by atoms with Gasteiger partial charge >= 0.3 is 0 Å². The van der Waals surface area contributed by atoms with E-state index in [0.29, 0.717) is 32.8 Å². The first kappa shape index (κ1) is 23.4. The van der Waals surface area contributed by atoms with E-state index in [1.165, 1.54) is 16.4 Å². The lowest BCUT2D eigenvalue weighted by molar-refractivity contribution is -0.384. The van der Waals surface area contributed by atoms with Crippen LogP contribution in [0.3, 0.4) is 0 Å². The van der Waals surface area contributed by atoms with Crippen LogP contribution in [0.1, 0.15) is 25.3 Å². The Labute approximate surface area is 193 Å². The Morgan fingerprint density at radius 3 is 2.67 bits per heavy atom. The molecule has 2 saturated heterocycles. The number of nitro groups is 1. The summed E-state index contributed by atoms with van der Waals surface area (Å²) in [6.07, 6.45) is 3.51. The van der Waals surface area contributed by atoms with E-state index < -0.39 is 14.9 Å². The normalized spacial score (nSPS) is 19.9. The van der Waals surface area contributed by atoms with Crippen LogP contribution in [0.15, 0.2) is 41.4 Å². The number of hydrogen-bond acceptors (Lipinski definition) is 8. The number of sulfonamides is 1. The molecule has 2 aliphatic rings. The van der Waals surface area contributed by atoms with Crippen molar-refractivity contribution in [3.05, 3.63) is 52.2 Å². The van der Waals surface area contributed by atoms with Gasteiger partial charge in [-0.3, -0.25) is 10.1 Å². The highest BCUT2D eigenvalue weighted by molar-refractivity contribution is 7.89. The van der Waals surface area contributed by atoms with Crippen molar-refractivity contribution in [2.75, 3.05) is 49.6 Å². The number of anilines is 2. The van der Waals surface area contributed by atoms with Crippen molar-refractivity contribution >= 4 is 27.2 Å². The molecule has 2 aromatic rings. The molecule has 0 unspecified atom stereocenters. The van der Waals surface area contributed by atoms with Crippen molar-refractivity contribution in [1.29, 1.82) is 0 Å². The zero-order valence-corrected chi connectivity index (χ0v) is 19.5. The predicted molar refractivity (Wildman–Crippen MR) is 125 cm³/mol. The van der Waals surface area contributed by atoms with Crippen LogP contribution in [0.25, 0.3) is 0 Å². The molecule has 0 bridgehead atoms. The molecule has 10 nitrogen and oxygen atoms in total. The van der Waals surface area contributed by atoms with E-state index in [2.05, 4.69) is 15.2 Å². The SMILES string of the molecule is C[C@H]1CCCN(S(=O)(=O)c2ccc(NCc3ccc(N4CCOCC4)nc3)c([N+](=O)[O-])c2)C1. The van der Waals surface area contributed by atoms with E-state index in [1.54, 1.807) is 6.20 Å². The minimum atomic E-state index is -3.77.